The molecule has 0 saturated carbocycles. The van der Waals surface area contributed by atoms with Crippen molar-refractivity contribution in [2.24, 2.45) is 0 Å². The second-order valence-corrected chi connectivity index (χ2v) is 4.33. The van der Waals surface area contributed by atoms with E-state index in [1.54, 1.807) is 18.7 Å². The van der Waals surface area contributed by atoms with Crippen LogP contribution in [0.5, 0.6) is 0 Å². The minimum atomic E-state index is -0.526. The molecule has 0 aromatic carbocycles. The van der Waals surface area contributed by atoms with E-state index in [0.717, 1.165) is 0 Å². The van der Waals surface area contributed by atoms with E-state index < -0.39 is 6.04 Å². The molecule has 0 aliphatic rings. The van der Waals surface area contributed by atoms with E-state index in [2.05, 4.69) is 25.6 Å². The fourth-order valence-electron chi connectivity index (χ4n) is 1.39. The lowest BCUT2D eigenvalue weighted by molar-refractivity contribution is -0.143. The number of hydrogen-bond donors (Lipinski definition) is 2. The maximum Gasteiger partial charge on any atom is 0.328 e. The van der Waals surface area contributed by atoms with Crippen LogP contribution in [0.4, 0.5) is 17.8 Å². The van der Waals surface area contributed by atoms with Crippen molar-refractivity contribution in [3.63, 3.8) is 0 Å². The number of nitrogens with one attached hydrogen (secondary N) is 2. The Balaban J connectivity index is 2.90. The summed E-state index contributed by atoms with van der Waals surface area (Å²) >= 11 is 0. The summed E-state index contributed by atoms with van der Waals surface area (Å²) in [7, 11) is 3.67. The number of hydrogen-bond acceptors (Lipinski definition) is 8. The Morgan fingerprint density at radius 2 is 1.90 bits per heavy atom. The molecule has 0 radical (unpaired) electrons. The first-order chi connectivity index (χ1) is 9.47. The van der Waals surface area contributed by atoms with Gasteiger partial charge in [0.25, 0.3) is 0 Å². The van der Waals surface area contributed by atoms with Gasteiger partial charge < -0.3 is 20.3 Å². The summed E-state index contributed by atoms with van der Waals surface area (Å²) in [6.07, 6.45) is 0. The van der Waals surface area contributed by atoms with Gasteiger partial charge >= 0.3 is 5.97 Å². The van der Waals surface area contributed by atoms with Crippen LogP contribution in [-0.2, 0) is 9.53 Å². The smallest absolute Gasteiger partial charge is 0.328 e. The highest BCUT2D eigenvalue weighted by Gasteiger charge is 2.16. The molecular weight excluding hydrogens is 260 g/mol. The van der Waals surface area contributed by atoms with Crippen LogP contribution in [0.1, 0.15) is 20.8 Å². The molecule has 112 valence electrons. The lowest BCUT2D eigenvalue weighted by atomic mass is 10.3. The maximum atomic E-state index is 11.6. The molecule has 1 aromatic heterocycles. The first-order valence-corrected chi connectivity index (χ1v) is 6.58. The van der Waals surface area contributed by atoms with Gasteiger partial charge in [0, 0.05) is 20.6 Å². The molecule has 20 heavy (non-hydrogen) atoms. The zero-order chi connectivity index (χ0) is 15.1. The zero-order valence-electron chi connectivity index (χ0n) is 12.6. The van der Waals surface area contributed by atoms with Gasteiger partial charge in [-0.15, -0.1) is 0 Å². The summed E-state index contributed by atoms with van der Waals surface area (Å²) in [5.74, 6) is 0.962. The topological polar surface area (TPSA) is 92.3 Å². The average Bonchev–Trinajstić information content (AvgIpc) is 2.39. The molecule has 1 rings (SSSR count). The number of ether oxygens (including phenoxy) is 1. The summed E-state index contributed by atoms with van der Waals surface area (Å²) in [6, 6.07) is -0.526. The molecule has 1 heterocycles. The van der Waals surface area contributed by atoms with Crippen LogP contribution < -0.4 is 15.5 Å². The number of carbonyl (C=O) groups is 1. The van der Waals surface area contributed by atoms with Crippen LogP contribution >= 0.6 is 0 Å². The first kappa shape index (κ1) is 15.9. The molecule has 1 unspecified atom stereocenters. The number of rotatable bonds is 7. The molecule has 0 aliphatic heterocycles. The fraction of sp³-hybridized carbons (Fsp3) is 0.667. The third-order valence-corrected chi connectivity index (χ3v) is 2.34. The van der Waals surface area contributed by atoms with Crippen LogP contribution in [0.25, 0.3) is 0 Å². The highest BCUT2D eigenvalue weighted by molar-refractivity contribution is 5.78. The van der Waals surface area contributed by atoms with Crippen LogP contribution in [0.2, 0.25) is 0 Å². The molecule has 0 aliphatic carbocycles. The lowest BCUT2D eigenvalue weighted by Gasteiger charge is -2.16. The summed E-state index contributed by atoms with van der Waals surface area (Å²) in [5.41, 5.74) is 0. The number of esters is 1. The monoisotopic (exact) mass is 282 g/mol. The van der Waals surface area contributed by atoms with E-state index in [1.165, 1.54) is 0 Å². The summed E-state index contributed by atoms with van der Waals surface area (Å²) in [5, 5.41) is 5.94. The van der Waals surface area contributed by atoms with E-state index in [-0.39, 0.29) is 5.97 Å². The Morgan fingerprint density at radius 3 is 2.45 bits per heavy atom. The molecule has 0 amide bonds. The molecule has 8 heteroatoms. The third-order valence-electron chi connectivity index (χ3n) is 2.34. The van der Waals surface area contributed by atoms with Gasteiger partial charge in [-0.05, 0) is 20.8 Å². The van der Waals surface area contributed by atoms with Crippen LogP contribution in [-0.4, -0.2) is 54.2 Å². The molecule has 1 atom stereocenters. The number of carbonyl (C=O) groups excluding carboxylic acids is 1. The SMILES string of the molecule is CCNc1nc(NC(C)C(=O)OCC)nc(N(C)C)n1. The molecule has 0 saturated heterocycles. The highest BCUT2D eigenvalue weighted by atomic mass is 16.5. The highest BCUT2D eigenvalue weighted by Crippen LogP contribution is 2.12. The molecule has 0 spiro atoms. The largest absolute Gasteiger partial charge is 0.464 e. The van der Waals surface area contributed by atoms with Crippen molar-refractivity contribution >= 4 is 23.8 Å². The van der Waals surface area contributed by atoms with Crippen LogP contribution in [0, 0.1) is 0 Å². The van der Waals surface area contributed by atoms with Crippen molar-refractivity contribution in [3.8, 4) is 0 Å². The third kappa shape index (κ3) is 4.52. The van der Waals surface area contributed by atoms with Crippen molar-refractivity contribution < 1.29 is 9.53 Å². The molecule has 0 fully saturated rings. The molecule has 1 aromatic rings. The van der Waals surface area contributed by atoms with Gasteiger partial charge in [-0.2, -0.15) is 15.0 Å². The quantitative estimate of drug-likeness (QED) is 0.707. The van der Waals surface area contributed by atoms with Gasteiger partial charge in [-0.25, -0.2) is 4.79 Å². The van der Waals surface area contributed by atoms with Gasteiger partial charge in [-0.3, -0.25) is 0 Å². The Kier molecular flexibility index (Phi) is 5.95. The Hall–Kier alpha value is -2.12. The van der Waals surface area contributed by atoms with Crippen molar-refractivity contribution in [2.75, 3.05) is 42.8 Å². The first-order valence-electron chi connectivity index (χ1n) is 6.58. The minimum Gasteiger partial charge on any atom is -0.464 e. The van der Waals surface area contributed by atoms with Crippen molar-refractivity contribution in [3.05, 3.63) is 0 Å². The molecule has 8 nitrogen and oxygen atoms in total. The van der Waals surface area contributed by atoms with E-state index in [0.29, 0.717) is 31.0 Å². The Labute approximate surface area is 119 Å². The maximum absolute atomic E-state index is 11.6. The molecular formula is C12H22N6O2. The zero-order valence-corrected chi connectivity index (χ0v) is 12.6. The normalized spacial score (nSPS) is 11.7. The van der Waals surface area contributed by atoms with E-state index >= 15 is 0 Å². The molecule has 0 bridgehead atoms. The molecule has 2 N–H and O–H groups in total. The van der Waals surface area contributed by atoms with Crippen molar-refractivity contribution in [2.45, 2.75) is 26.8 Å². The predicted octanol–water partition coefficient (Wildman–Crippen LogP) is 0.733. The van der Waals surface area contributed by atoms with Gasteiger partial charge in [0.2, 0.25) is 17.8 Å². The second-order valence-electron chi connectivity index (χ2n) is 4.33. The minimum absolute atomic E-state index is 0.334. The van der Waals surface area contributed by atoms with Gasteiger partial charge in [-0.1, -0.05) is 0 Å². The fourth-order valence-corrected chi connectivity index (χ4v) is 1.39. The van der Waals surface area contributed by atoms with Gasteiger partial charge in [0.15, 0.2) is 0 Å². The summed E-state index contributed by atoms with van der Waals surface area (Å²) in [6.45, 7) is 6.45. The standard InChI is InChI=1S/C12H22N6O2/c1-6-13-10-15-11(17-12(16-10)18(4)5)14-8(3)9(19)20-7-2/h8H,6-7H2,1-5H3,(H2,13,14,15,16,17). The number of anilines is 3. The Morgan fingerprint density at radius 1 is 1.25 bits per heavy atom. The Bertz CT molecular complexity index is 452. The van der Waals surface area contributed by atoms with Gasteiger partial charge in [0.1, 0.15) is 6.04 Å². The number of nitrogens with zero attached hydrogens (tertiary/aromatic N) is 4. The summed E-state index contributed by atoms with van der Waals surface area (Å²) < 4.78 is 4.93. The van der Waals surface area contributed by atoms with E-state index in [1.807, 2.05) is 21.0 Å². The average molecular weight is 282 g/mol. The van der Waals surface area contributed by atoms with Crippen molar-refractivity contribution in [1.29, 1.82) is 0 Å². The van der Waals surface area contributed by atoms with Crippen LogP contribution in [0.3, 0.4) is 0 Å². The van der Waals surface area contributed by atoms with Gasteiger partial charge in [0.05, 0.1) is 6.61 Å². The summed E-state index contributed by atoms with van der Waals surface area (Å²) in [4.78, 5) is 26.1. The van der Waals surface area contributed by atoms with Crippen LogP contribution in [0.15, 0.2) is 0 Å². The predicted molar refractivity (Wildman–Crippen MR) is 78.0 cm³/mol. The second kappa shape index (κ2) is 7.46. The van der Waals surface area contributed by atoms with E-state index in [4.69, 9.17) is 4.74 Å². The number of aromatic nitrogens is 3. The lowest BCUT2D eigenvalue weighted by Crippen LogP contribution is -2.29. The van der Waals surface area contributed by atoms with E-state index in [9.17, 15) is 4.79 Å². The van der Waals surface area contributed by atoms with Crippen molar-refractivity contribution in [1.82, 2.24) is 15.0 Å².